The fourth-order valence-corrected chi connectivity index (χ4v) is 3.27. The van der Waals surface area contributed by atoms with Crippen LogP contribution in [0.5, 0.6) is 0 Å². The van der Waals surface area contributed by atoms with E-state index in [2.05, 4.69) is 23.3 Å². The lowest BCUT2D eigenvalue weighted by Crippen LogP contribution is -2.38. The van der Waals surface area contributed by atoms with E-state index in [1.54, 1.807) is 0 Å². The van der Waals surface area contributed by atoms with Gasteiger partial charge in [0.15, 0.2) is 0 Å². The van der Waals surface area contributed by atoms with Crippen molar-refractivity contribution in [1.29, 1.82) is 0 Å². The summed E-state index contributed by atoms with van der Waals surface area (Å²) in [5.41, 5.74) is 1.41. The summed E-state index contributed by atoms with van der Waals surface area (Å²) in [6, 6.07) is 2.58. The number of thiophene rings is 1. The van der Waals surface area contributed by atoms with Crippen molar-refractivity contribution in [2.75, 3.05) is 20.2 Å². The second-order valence-corrected chi connectivity index (χ2v) is 5.02. The molecule has 0 amide bonds. The number of rotatable bonds is 3. The first-order valence-corrected chi connectivity index (χ1v) is 6.51. The van der Waals surface area contributed by atoms with E-state index in [9.17, 15) is 4.79 Å². The van der Waals surface area contributed by atoms with Crippen LogP contribution in [0.25, 0.3) is 0 Å². The number of methoxy groups -OCH3 is 1. The molecule has 0 spiro atoms. The van der Waals surface area contributed by atoms with E-state index < -0.39 is 0 Å². The fourth-order valence-electron chi connectivity index (χ4n) is 2.35. The molecule has 1 unspecified atom stereocenters. The molecule has 2 rings (SSSR count). The third-order valence-corrected chi connectivity index (χ3v) is 4.15. The molecule has 0 fully saturated rings. The molecule has 0 radical (unpaired) electrons. The van der Waals surface area contributed by atoms with Gasteiger partial charge in [-0.05, 0) is 29.9 Å². The van der Waals surface area contributed by atoms with Gasteiger partial charge in [-0.15, -0.1) is 11.3 Å². The zero-order valence-corrected chi connectivity index (χ0v) is 10.5. The number of esters is 1. The van der Waals surface area contributed by atoms with Gasteiger partial charge in [-0.25, -0.2) is 0 Å². The monoisotopic (exact) mass is 239 g/mol. The summed E-state index contributed by atoms with van der Waals surface area (Å²) in [5.74, 6) is -0.142. The summed E-state index contributed by atoms with van der Waals surface area (Å²) in [6.07, 6.45) is 2.10. The average molecular weight is 239 g/mol. The van der Waals surface area contributed by atoms with Gasteiger partial charge >= 0.3 is 5.97 Å². The predicted molar refractivity (Wildman–Crippen MR) is 64.6 cm³/mol. The number of hydrogen-bond acceptors (Lipinski definition) is 4. The van der Waals surface area contributed by atoms with Gasteiger partial charge in [-0.1, -0.05) is 6.92 Å². The number of carbonyl (C=O) groups is 1. The molecule has 1 aromatic rings. The normalized spacial score (nSPS) is 20.5. The molecule has 0 saturated carbocycles. The highest BCUT2D eigenvalue weighted by molar-refractivity contribution is 7.10. The highest BCUT2D eigenvalue weighted by atomic mass is 32.1. The van der Waals surface area contributed by atoms with Crippen molar-refractivity contribution in [1.82, 2.24) is 4.90 Å². The number of nitrogens with zero attached hydrogens (tertiary/aromatic N) is 1. The van der Waals surface area contributed by atoms with E-state index in [1.807, 2.05) is 11.3 Å². The van der Waals surface area contributed by atoms with Gasteiger partial charge in [0.1, 0.15) is 0 Å². The molecule has 0 N–H and O–H groups in total. The Morgan fingerprint density at radius 1 is 1.69 bits per heavy atom. The van der Waals surface area contributed by atoms with Crippen molar-refractivity contribution in [3.8, 4) is 0 Å². The largest absolute Gasteiger partial charge is 0.468 e. The van der Waals surface area contributed by atoms with E-state index in [-0.39, 0.29) is 5.97 Å². The Morgan fingerprint density at radius 3 is 3.19 bits per heavy atom. The predicted octanol–water partition coefficient (Wildman–Crippen LogP) is 2.23. The Morgan fingerprint density at radius 2 is 2.50 bits per heavy atom. The van der Waals surface area contributed by atoms with Crippen molar-refractivity contribution in [3.05, 3.63) is 21.9 Å². The summed E-state index contributed by atoms with van der Waals surface area (Å²) >= 11 is 1.83. The Labute approximate surface area is 100 Å². The molecule has 1 atom stereocenters. The molecule has 88 valence electrons. The maximum absolute atomic E-state index is 11.3. The van der Waals surface area contributed by atoms with Crippen LogP contribution < -0.4 is 0 Å². The lowest BCUT2D eigenvalue weighted by atomic mass is 9.98. The van der Waals surface area contributed by atoms with Crippen LogP contribution in [0.2, 0.25) is 0 Å². The van der Waals surface area contributed by atoms with E-state index in [4.69, 9.17) is 4.74 Å². The van der Waals surface area contributed by atoms with Crippen molar-refractivity contribution < 1.29 is 9.53 Å². The molecule has 2 heterocycles. The van der Waals surface area contributed by atoms with Gasteiger partial charge < -0.3 is 4.74 Å². The van der Waals surface area contributed by atoms with Crippen LogP contribution in [-0.2, 0) is 16.0 Å². The lowest BCUT2D eigenvalue weighted by Gasteiger charge is -2.34. The molecule has 0 aromatic carbocycles. The third-order valence-electron chi connectivity index (χ3n) is 3.15. The fraction of sp³-hybridized carbons (Fsp3) is 0.583. The van der Waals surface area contributed by atoms with Crippen LogP contribution in [0.1, 0.15) is 29.8 Å². The van der Waals surface area contributed by atoms with Crippen LogP contribution >= 0.6 is 11.3 Å². The third kappa shape index (κ3) is 2.13. The van der Waals surface area contributed by atoms with Crippen molar-refractivity contribution in [3.63, 3.8) is 0 Å². The molecule has 4 heteroatoms. The number of hydrogen-bond donors (Lipinski definition) is 0. The first-order valence-electron chi connectivity index (χ1n) is 5.63. The minimum Gasteiger partial charge on any atom is -0.468 e. The second-order valence-electron chi connectivity index (χ2n) is 4.02. The van der Waals surface area contributed by atoms with Gasteiger partial charge in [0.05, 0.1) is 13.7 Å². The summed E-state index contributed by atoms with van der Waals surface area (Å²) in [5, 5.41) is 2.15. The highest BCUT2D eigenvalue weighted by Gasteiger charge is 2.28. The van der Waals surface area contributed by atoms with Gasteiger partial charge in [-0.2, -0.15) is 0 Å². The number of fused-ring (bicyclic) bond motifs is 1. The van der Waals surface area contributed by atoms with Crippen LogP contribution in [0, 0.1) is 0 Å². The lowest BCUT2D eigenvalue weighted by molar-refractivity contribution is -0.142. The van der Waals surface area contributed by atoms with E-state index >= 15 is 0 Å². The molecule has 1 aliphatic heterocycles. The zero-order chi connectivity index (χ0) is 11.5. The Kier molecular flexibility index (Phi) is 3.61. The maximum Gasteiger partial charge on any atom is 0.319 e. The minimum absolute atomic E-state index is 0.142. The van der Waals surface area contributed by atoms with Gasteiger partial charge in [-0.3, -0.25) is 9.69 Å². The first kappa shape index (κ1) is 11.6. The Balaban J connectivity index is 2.14. The summed E-state index contributed by atoms with van der Waals surface area (Å²) in [6.45, 7) is 3.53. The second kappa shape index (κ2) is 4.97. The molecule has 1 aliphatic rings. The van der Waals surface area contributed by atoms with Crippen LogP contribution in [0.4, 0.5) is 0 Å². The van der Waals surface area contributed by atoms with Gasteiger partial charge in [0.2, 0.25) is 0 Å². The Bertz CT molecular complexity index is 375. The van der Waals surface area contributed by atoms with E-state index in [0.717, 1.165) is 19.4 Å². The Hall–Kier alpha value is -0.870. The van der Waals surface area contributed by atoms with Crippen molar-refractivity contribution in [2.45, 2.75) is 25.8 Å². The van der Waals surface area contributed by atoms with Crippen LogP contribution in [-0.4, -0.2) is 31.1 Å². The maximum atomic E-state index is 11.3. The smallest absolute Gasteiger partial charge is 0.319 e. The van der Waals surface area contributed by atoms with Gasteiger partial charge in [0.25, 0.3) is 0 Å². The molecule has 3 nitrogen and oxygen atoms in total. The number of carbonyl (C=O) groups excluding carboxylic acids is 1. The topological polar surface area (TPSA) is 29.5 Å². The van der Waals surface area contributed by atoms with Crippen LogP contribution in [0.3, 0.4) is 0 Å². The molecule has 0 aliphatic carbocycles. The standard InChI is InChI=1S/C12H17NO2S/c1-3-10-9-5-7-16-11(9)4-6-13(10)8-12(14)15-2/h5,7,10H,3-4,6,8H2,1-2H3. The summed E-state index contributed by atoms with van der Waals surface area (Å²) in [4.78, 5) is 15.0. The zero-order valence-electron chi connectivity index (χ0n) is 9.73. The van der Waals surface area contributed by atoms with Crippen molar-refractivity contribution >= 4 is 17.3 Å². The minimum atomic E-state index is -0.142. The van der Waals surface area contributed by atoms with E-state index in [0.29, 0.717) is 12.6 Å². The van der Waals surface area contributed by atoms with Gasteiger partial charge in [0, 0.05) is 17.5 Å². The molecule has 1 aromatic heterocycles. The molecular formula is C12H17NO2S. The first-order chi connectivity index (χ1) is 7.76. The summed E-state index contributed by atoms with van der Waals surface area (Å²) < 4.78 is 4.74. The van der Waals surface area contributed by atoms with E-state index in [1.165, 1.54) is 17.6 Å². The van der Waals surface area contributed by atoms with Crippen LogP contribution in [0.15, 0.2) is 11.4 Å². The molecule has 16 heavy (non-hydrogen) atoms. The quantitative estimate of drug-likeness (QED) is 0.758. The molecule has 0 saturated heterocycles. The SMILES string of the molecule is CCC1c2ccsc2CCN1CC(=O)OC. The molecule has 0 bridgehead atoms. The van der Waals surface area contributed by atoms with Crippen molar-refractivity contribution in [2.24, 2.45) is 0 Å². The summed E-state index contributed by atoms with van der Waals surface area (Å²) in [7, 11) is 1.45. The molecular weight excluding hydrogens is 222 g/mol. The average Bonchev–Trinajstić information content (AvgIpc) is 2.76. The highest BCUT2D eigenvalue weighted by Crippen LogP contribution is 2.34. The number of ether oxygens (including phenoxy) is 1.